The van der Waals surface area contributed by atoms with Crippen LogP contribution in [0, 0.1) is 12.3 Å². The Morgan fingerprint density at radius 3 is 2.63 bits per heavy atom. The minimum Gasteiger partial charge on any atom is -0.496 e. The van der Waals surface area contributed by atoms with Crippen molar-refractivity contribution in [2.75, 3.05) is 38.2 Å². The average Bonchev–Trinajstić information content (AvgIpc) is 3.29. The first-order valence-corrected chi connectivity index (χ1v) is 12.4. The number of amides is 1. The van der Waals surface area contributed by atoms with Gasteiger partial charge in [0.05, 0.1) is 19.3 Å². The van der Waals surface area contributed by atoms with E-state index in [1.807, 2.05) is 45.4 Å². The highest BCUT2D eigenvalue weighted by Gasteiger charge is 2.43. The smallest absolute Gasteiger partial charge is 0.252 e. The summed E-state index contributed by atoms with van der Waals surface area (Å²) in [6.07, 6.45) is 6.26. The zero-order valence-corrected chi connectivity index (χ0v) is 21.1. The van der Waals surface area contributed by atoms with Crippen molar-refractivity contribution in [1.82, 2.24) is 20.4 Å². The molecule has 3 aromatic rings. The summed E-state index contributed by atoms with van der Waals surface area (Å²) < 4.78 is 7.34. The molecule has 1 aromatic heterocycles. The molecule has 35 heavy (non-hydrogen) atoms. The van der Waals surface area contributed by atoms with Gasteiger partial charge in [0.1, 0.15) is 5.75 Å². The molecule has 2 aliphatic rings. The lowest BCUT2D eigenvalue weighted by Crippen LogP contribution is -2.60. The van der Waals surface area contributed by atoms with Crippen LogP contribution >= 0.6 is 0 Å². The molecule has 7 nitrogen and oxygen atoms in total. The molecule has 3 heterocycles. The first kappa shape index (κ1) is 23.4. The van der Waals surface area contributed by atoms with Crippen LogP contribution in [0.25, 0.3) is 11.1 Å². The fourth-order valence-electron chi connectivity index (χ4n) is 5.41. The maximum Gasteiger partial charge on any atom is 0.252 e. The Hall–Kier alpha value is -3.32. The number of nitrogens with one attached hydrogen (secondary N) is 2. The molecule has 2 N–H and O–H groups in total. The molecule has 0 unspecified atom stereocenters. The summed E-state index contributed by atoms with van der Waals surface area (Å²) >= 11 is 0. The van der Waals surface area contributed by atoms with Crippen molar-refractivity contribution in [2.24, 2.45) is 12.5 Å². The first-order chi connectivity index (χ1) is 16.9. The van der Waals surface area contributed by atoms with Gasteiger partial charge in [0.15, 0.2) is 0 Å². The summed E-state index contributed by atoms with van der Waals surface area (Å²) in [6, 6.07) is 12.1. The minimum atomic E-state index is -0.158. The number of ether oxygens (including phenoxy) is 1. The van der Waals surface area contributed by atoms with Gasteiger partial charge in [0, 0.05) is 54.1 Å². The van der Waals surface area contributed by atoms with Gasteiger partial charge in [-0.25, -0.2) is 0 Å². The van der Waals surface area contributed by atoms with Gasteiger partial charge in [-0.3, -0.25) is 9.48 Å². The minimum absolute atomic E-state index is 0.0484. The molecular weight excluding hydrogens is 438 g/mol. The standard InChI is InChI=1S/C28H35N5O2/c1-19-5-7-23(33-17-28(18-33)9-11-29-12-10-28)14-24(19)27(34)31-20(2)21-6-8-26(35-4)25(13-21)22-15-30-32(3)16-22/h5-8,13-16,20,29H,9-12,17-18H2,1-4H3,(H,31,34)/t20-/m1/s1. The Morgan fingerprint density at radius 2 is 1.94 bits per heavy atom. The fourth-order valence-corrected chi connectivity index (χ4v) is 5.41. The van der Waals surface area contributed by atoms with Crippen LogP contribution in [0.5, 0.6) is 5.75 Å². The van der Waals surface area contributed by atoms with Crippen molar-refractivity contribution >= 4 is 11.6 Å². The second kappa shape index (κ2) is 9.38. The quantitative estimate of drug-likeness (QED) is 0.564. The molecule has 1 spiro atoms. The second-order valence-corrected chi connectivity index (χ2v) is 10.2. The van der Waals surface area contributed by atoms with Gasteiger partial charge in [-0.1, -0.05) is 12.1 Å². The molecular formula is C28H35N5O2. The SMILES string of the molecule is COc1ccc([C@@H](C)NC(=O)c2cc(N3CC4(CCNCC4)C3)ccc2C)cc1-c1cnn(C)c1. The monoisotopic (exact) mass is 473 g/mol. The Kier molecular flexibility index (Phi) is 6.28. The Morgan fingerprint density at radius 1 is 1.17 bits per heavy atom. The van der Waals surface area contributed by atoms with Crippen LogP contribution in [0.4, 0.5) is 5.69 Å². The third-order valence-electron chi connectivity index (χ3n) is 7.63. The molecule has 0 aliphatic carbocycles. The van der Waals surface area contributed by atoms with Crippen LogP contribution in [0.3, 0.4) is 0 Å². The Bertz CT molecular complexity index is 1220. The van der Waals surface area contributed by atoms with Crippen LogP contribution in [-0.2, 0) is 7.05 Å². The number of carbonyl (C=O) groups excluding carboxylic acids is 1. The topological polar surface area (TPSA) is 71.4 Å². The number of rotatable bonds is 6. The van der Waals surface area contributed by atoms with Crippen molar-refractivity contribution in [3.05, 3.63) is 65.5 Å². The van der Waals surface area contributed by atoms with Gasteiger partial charge in [0.25, 0.3) is 5.91 Å². The maximum atomic E-state index is 13.3. The van der Waals surface area contributed by atoms with Gasteiger partial charge in [-0.2, -0.15) is 5.10 Å². The lowest BCUT2D eigenvalue weighted by molar-refractivity contribution is 0.0939. The predicted molar refractivity (Wildman–Crippen MR) is 139 cm³/mol. The molecule has 2 fully saturated rings. The van der Waals surface area contributed by atoms with Gasteiger partial charge in [-0.05, 0) is 75.2 Å². The third-order valence-corrected chi connectivity index (χ3v) is 7.63. The molecule has 0 radical (unpaired) electrons. The lowest BCUT2D eigenvalue weighted by Gasteiger charge is -2.53. The number of aromatic nitrogens is 2. The highest BCUT2D eigenvalue weighted by Crippen LogP contribution is 2.41. The maximum absolute atomic E-state index is 13.3. The van der Waals surface area contributed by atoms with Crippen LogP contribution in [0.2, 0.25) is 0 Å². The van der Waals surface area contributed by atoms with E-state index in [0.717, 1.165) is 65.4 Å². The van der Waals surface area contributed by atoms with Crippen molar-refractivity contribution in [1.29, 1.82) is 0 Å². The van der Waals surface area contributed by atoms with E-state index in [4.69, 9.17) is 4.74 Å². The van der Waals surface area contributed by atoms with Gasteiger partial charge >= 0.3 is 0 Å². The Balaban J connectivity index is 1.31. The molecule has 7 heteroatoms. The van der Waals surface area contributed by atoms with E-state index in [-0.39, 0.29) is 11.9 Å². The number of anilines is 1. The van der Waals surface area contributed by atoms with Crippen LogP contribution in [0.1, 0.15) is 47.3 Å². The molecule has 2 saturated heterocycles. The molecule has 0 bridgehead atoms. The summed E-state index contributed by atoms with van der Waals surface area (Å²) in [4.78, 5) is 15.7. The van der Waals surface area contributed by atoms with Crippen molar-refractivity contribution in [3.63, 3.8) is 0 Å². The van der Waals surface area contributed by atoms with E-state index in [9.17, 15) is 4.79 Å². The van der Waals surface area contributed by atoms with Gasteiger partial charge < -0.3 is 20.3 Å². The number of piperidine rings is 1. The number of hydrogen-bond acceptors (Lipinski definition) is 5. The predicted octanol–water partition coefficient (Wildman–Crippen LogP) is 4.08. The number of carbonyl (C=O) groups is 1. The highest BCUT2D eigenvalue weighted by atomic mass is 16.5. The third kappa shape index (κ3) is 4.65. The zero-order valence-electron chi connectivity index (χ0n) is 21.1. The van der Waals surface area contributed by atoms with Gasteiger partial charge in [-0.15, -0.1) is 0 Å². The molecule has 1 amide bonds. The number of methoxy groups -OCH3 is 1. The molecule has 184 valence electrons. The summed E-state index contributed by atoms with van der Waals surface area (Å²) in [5, 5.41) is 11.0. The molecule has 2 aromatic carbocycles. The molecule has 5 rings (SSSR count). The van der Waals surface area contributed by atoms with E-state index in [0.29, 0.717) is 5.41 Å². The molecule has 1 atom stereocenters. The average molecular weight is 474 g/mol. The van der Waals surface area contributed by atoms with E-state index in [1.54, 1.807) is 11.8 Å². The van der Waals surface area contributed by atoms with Crippen LogP contribution in [-0.4, -0.2) is 49.0 Å². The van der Waals surface area contributed by atoms with E-state index >= 15 is 0 Å². The van der Waals surface area contributed by atoms with Crippen molar-refractivity contribution < 1.29 is 9.53 Å². The summed E-state index contributed by atoms with van der Waals surface area (Å²) in [5.41, 5.74) is 6.27. The zero-order chi connectivity index (χ0) is 24.6. The summed E-state index contributed by atoms with van der Waals surface area (Å²) in [5.74, 6) is 0.734. The molecule has 0 saturated carbocycles. The first-order valence-electron chi connectivity index (χ1n) is 12.4. The van der Waals surface area contributed by atoms with E-state index in [2.05, 4.69) is 44.9 Å². The van der Waals surface area contributed by atoms with Gasteiger partial charge in [0.2, 0.25) is 0 Å². The number of benzene rings is 2. The van der Waals surface area contributed by atoms with Crippen molar-refractivity contribution in [3.8, 4) is 16.9 Å². The summed E-state index contributed by atoms with van der Waals surface area (Å²) in [6.45, 7) is 8.41. The van der Waals surface area contributed by atoms with E-state index < -0.39 is 0 Å². The lowest BCUT2D eigenvalue weighted by atomic mass is 9.72. The largest absolute Gasteiger partial charge is 0.496 e. The van der Waals surface area contributed by atoms with Crippen molar-refractivity contribution in [2.45, 2.75) is 32.7 Å². The molecule has 2 aliphatic heterocycles. The van der Waals surface area contributed by atoms with E-state index in [1.165, 1.54) is 12.8 Å². The van der Waals surface area contributed by atoms with Crippen LogP contribution in [0.15, 0.2) is 48.8 Å². The second-order valence-electron chi connectivity index (χ2n) is 10.2. The fraction of sp³-hybridized carbons (Fsp3) is 0.429. The summed E-state index contributed by atoms with van der Waals surface area (Å²) in [7, 11) is 3.56. The Labute approximate surface area is 207 Å². The van der Waals surface area contributed by atoms with Crippen LogP contribution < -0.4 is 20.3 Å². The number of hydrogen-bond donors (Lipinski definition) is 2. The highest BCUT2D eigenvalue weighted by molar-refractivity contribution is 5.97. The number of nitrogens with zero attached hydrogens (tertiary/aromatic N) is 3. The normalized spacial score (nSPS) is 17.7. The number of aryl methyl sites for hydroxylation is 2.